The van der Waals surface area contributed by atoms with Gasteiger partial charge in [0.25, 0.3) is 5.91 Å². The smallest absolute Gasteiger partial charge is 0.255 e. The Morgan fingerprint density at radius 1 is 1.32 bits per heavy atom. The van der Waals surface area contributed by atoms with Gasteiger partial charge in [-0.15, -0.1) is 0 Å². The van der Waals surface area contributed by atoms with Gasteiger partial charge in [-0.05, 0) is 25.0 Å². The Hall–Kier alpha value is -2.22. The Balaban J connectivity index is 2.28. The lowest BCUT2D eigenvalue weighted by Gasteiger charge is -2.19. The number of nitrogens with zero attached hydrogens (tertiary/aromatic N) is 2. The molecule has 0 unspecified atom stereocenters. The van der Waals surface area contributed by atoms with E-state index in [1.807, 2.05) is 6.07 Å². The molecule has 1 aromatic rings. The second kappa shape index (κ2) is 5.61. The molecule has 0 N–H and O–H groups in total. The van der Waals surface area contributed by atoms with Gasteiger partial charge in [-0.25, -0.2) is 0 Å². The van der Waals surface area contributed by atoms with Crippen molar-refractivity contribution in [1.82, 2.24) is 4.90 Å². The average Bonchev–Trinajstić information content (AvgIpc) is 3.27. The van der Waals surface area contributed by atoms with Gasteiger partial charge in [0.2, 0.25) is 0 Å². The number of ether oxygens (including phenoxy) is 2. The van der Waals surface area contributed by atoms with Crippen LogP contribution >= 0.6 is 0 Å². The van der Waals surface area contributed by atoms with Crippen LogP contribution in [0, 0.1) is 11.3 Å². The van der Waals surface area contributed by atoms with E-state index in [0.717, 1.165) is 12.8 Å². The maximum absolute atomic E-state index is 12.4. The summed E-state index contributed by atoms with van der Waals surface area (Å²) in [6.45, 7) is 0.114. The third-order valence-corrected chi connectivity index (χ3v) is 3.09. The molecule has 0 bridgehead atoms. The van der Waals surface area contributed by atoms with Crippen LogP contribution in [-0.4, -0.2) is 37.6 Å². The first-order valence-electron chi connectivity index (χ1n) is 6.10. The first kappa shape index (κ1) is 13.2. The van der Waals surface area contributed by atoms with E-state index < -0.39 is 0 Å². The Morgan fingerprint density at radius 3 is 2.32 bits per heavy atom. The van der Waals surface area contributed by atoms with Crippen molar-refractivity contribution in [2.75, 3.05) is 20.8 Å². The Kier molecular flexibility index (Phi) is 3.91. The summed E-state index contributed by atoms with van der Waals surface area (Å²) in [4.78, 5) is 14.0. The van der Waals surface area contributed by atoms with Crippen molar-refractivity contribution >= 4 is 5.91 Å². The lowest BCUT2D eigenvalue weighted by Crippen LogP contribution is -2.33. The molecule has 0 aliphatic heterocycles. The normalized spacial score (nSPS) is 13.5. The van der Waals surface area contributed by atoms with Crippen LogP contribution in [0.2, 0.25) is 0 Å². The van der Waals surface area contributed by atoms with E-state index in [2.05, 4.69) is 0 Å². The minimum Gasteiger partial charge on any atom is -0.497 e. The van der Waals surface area contributed by atoms with Gasteiger partial charge >= 0.3 is 0 Å². The SMILES string of the molecule is COc1cc(OC)cc(C(=O)N(CC#N)C2CC2)c1. The summed E-state index contributed by atoms with van der Waals surface area (Å²) in [6.07, 6.45) is 1.93. The molecule has 0 spiro atoms. The molecule has 1 amide bonds. The van der Waals surface area contributed by atoms with Crippen molar-refractivity contribution in [3.8, 4) is 17.6 Å². The van der Waals surface area contributed by atoms with Crippen LogP contribution in [0.25, 0.3) is 0 Å². The maximum Gasteiger partial charge on any atom is 0.255 e. The van der Waals surface area contributed by atoms with Gasteiger partial charge in [-0.1, -0.05) is 0 Å². The highest BCUT2D eigenvalue weighted by molar-refractivity contribution is 5.95. The monoisotopic (exact) mass is 260 g/mol. The molecular weight excluding hydrogens is 244 g/mol. The maximum atomic E-state index is 12.4. The predicted molar refractivity (Wildman–Crippen MR) is 69.2 cm³/mol. The Morgan fingerprint density at radius 2 is 1.89 bits per heavy atom. The molecule has 0 atom stereocenters. The first-order valence-corrected chi connectivity index (χ1v) is 6.10. The van der Waals surface area contributed by atoms with Gasteiger partial charge in [0.05, 0.1) is 20.3 Å². The van der Waals surface area contributed by atoms with E-state index in [-0.39, 0.29) is 18.5 Å². The summed E-state index contributed by atoms with van der Waals surface area (Å²) < 4.78 is 10.3. The zero-order valence-corrected chi connectivity index (χ0v) is 11.0. The number of hydrogen-bond acceptors (Lipinski definition) is 4. The van der Waals surface area contributed by atoms with E-state index in [9.17, 15) is 4.79 Å². The fourth-order valence-corrected chi connectivity index (χ4v) is 1.93. The molecule has 1 aliphatic carbocycles. The third-order valence-electron chi connectivity index (χ3n) is 3.09. The molecule has 1 saturated carbocycles. The van der Waals surface area contributed by atoms with Gasteiger partial charge < -0.3 is 14.4 Å². The number of nitriles is 1. The molecule has 1 aliphatic rings. The average molecular weight is 260 g/mol. The van der Waals surface area contributed by atoms with Crippen LogP contribution in [0.5, 0.6) is 11.5 Å². The van der Waals surface area contributed by atoms with Crippen LogP contribution in [-0.2, 0) is 0 Å². The van der Waals surface area contributed by atoms with Crippen LogP contribution < -0.4 is 9.47 Å². The summed E-state index contributed by atoms with van der Waals surface area (Å²) >= 11 is 0. The molecule has 1 fully saturated rings. The van der Waals surface area contributed by atoms with Gasteiger partial charge in [0.1, 0.15) is 18.0 Å². The second-order valence-corrected chi connectivity index (χ2v) is 4.42. The molecule has 19 heavy (non-hydrogen) atoms. The molecule has 5 nitrogen and oxygen atoms in total. The Labute approximate surface area is 112 Å². The van der Waals surface area contributed by atoms with Crippen molar-refractivity contribution in [3.63, 3.8) is 0 Å². The number of hydrogen-bond donors (Lipinski definition) is 0. The van der Waals surface area contributed by atoms with Gasteiger partial charge in [0, 0.05) is 17.7 Å². The standard InChI is InChI=1S/C14H16N2O3/c1-18-12-7-10(8-13(9-12)19-2)14(17)16(6-5-15)11-3-4-11/h7-9,11H,3-4,6H2,1-2H3. The largest absolute Gasteiger partial charge is 0.497 e. The third kappa shape index (κ3) is 2.97. The predicted octanol–water partition coefficient (Wildman–Crippen LogP) is 1.83. The lowest BCUT2D eigenvalue weighted by molar-refractivity contribution is 0.0764. The molecule has 5 heteroatoms. The van der Waals surface area contributed by atoms with Crippen molar-refractivity contribution in [3.05, 3.63) is 23.8 Å². The van der Waals surface area contributed by atoms with Crippen LogP contribution in [0.15, 0.2) is 18.2 Å². The second-order valence-electron chi connectivity index (χ2n) is 4.42. The van der Waals surface area contributed by atoms with Gasteiger partial charge in [-0.2, -0.15) is 5.26 Å². The topological polar surface area (TPSA) is 62.6 Å². The van der Waals surface area contributed by atoms with Crippen molar-refractivity contribution in [2.24, 2.45) is 0 Å². The highest BCUT2D eigenvalue weighted by atomic mass is 16.5. The molecule has 0 heterocycles. The van der Waals surface area contributed by atoms with E-state index in [0.29, 0.717) is 17.1 Å². The van der Waals surface area contributed by atoms with E-state index >= 15 is 0 Å². The van der Waals surface area contributed by atoms with Crippen molar-refractivity contribution < 1.29 is 14.3 Å². The summed E-state index contributed by atoms with van der Waals surface area (Å²) in [5, 5.41) is 8.82. The van der Waals surface area contributed by atoms with E-state index in [4.69, 9.17) is 14.7 Å². The zero-order chi connectivity index (χ0) is 13.8. The quantitative estimate of drug-likeness (QED) is 0.758. The zero-order valence-electron chi connectivity index (χ0n) is 11.0. The molecule has 0 saturated heterocycles. The summed E-state index contributed by atoms with van der Waals surface area (Å²) in [5.41, 5.74) is 0.485. The molecule has 1 aromatic carbocycles. The number of amides is 1. The number of methoxy groups -OCH3 is 2. The molecule has 0 radical (unpaired) electrons. The summed E-state index contributed by atoms with van der Waals surface area (Å²) in [6, 6.07) is 7.28. The summed E-state index contributed by atoms with van der Waals surface area (Å²) in [7, 11) is 3.08. The van der Waals surface area contributed by atoms with E-state index in [1.54, 1.807) is 23.1 Å². The van der Waals surface area contributed by atoms with Gasteiger partial charge in [0.15, 0.2) is 0 Å². The first-order chi connectivity index (χ1) is 9.19. The van der Waals surface area contributed by atoms with Gasteiger partial charge in [-0.3, -0.25) is 4.79 Å². The molecule has 100 valence electrons. The van der Waals surface area contributed by atoms with Crippen LogP contribution in [0.1, 0.15) is 23.2 Å². The fourth-order valence-electron chi connectivity index (χ4n) is 1.93. The number of carbonyl (C=O) groups excluding carboxylic acids is 1. The minimum absolute atomic E-state index is 0.114. The highest BCUT2D eigenvalue weighted by Gasteiger charge is 2.33. The van der Waals surface area contributed by atoms with Crippen LogP contribution in [0.4, 0.5) is 0 Å². The Bertz CT molecular complexity index is 496. The van der Waals surface area contributed by atoms with E-state index in [1.165, 1.54) is 14.2 Å². The lowest BCUT2D eigenvalue weighted by atomic mass is 10.1. The number of rotatable bonds is 5. The molecule has 0 aromatic heterocycles. The molecular formula is C14H16N2O3. The number of carbonyl (C=O) groups is 1. The minimum atomic E-state index is -0.152. The van der Waals surface area contributed by atoms with Crippen molar-refractivity contribution in [1.29, 1.82) is 5.26 Å². The van der Waals surface area contributed by atoms with Crippen molar-refractivity contribution in [2.45, 2.75) is 18.9 Å². The summed E-state index contributed by atoms with van der Waals surface area (Å²) in [5.74, 6) is 0.979. The van der Waals surface area contributed by atoms with Crippen LogP contribution in [0.3, 0.4) is 0 Å². The molecule has 2 rings (SSSR count). The number of benzene rings is 1. The fraction of sp³-hybridized carbons (Fsp3) is 0.429. The highest BCUT2D eigenvalue weighted by Crippen LogP contribution is 2.30.